The predicted molar refractivity (Wildman–Crippen MR) is 73.2 cm³/mol. The Morgan fingerprint density at radius 1 is 1.12 bits per heavy atom. The topological polar surface area (TPSA) is 0 Å². The van der Waals surface area contributed by atoms with E-state index in [0.29, 0.717) is 0 Å². The van der Waals surface area contributed by atoms with Crippen LogP contribution >= 0.6 is 11.6 Å². The summed E-state index contributed by atoms with van der Waals surface area (Å²) in [4.78, 5) is 0. The van der Waals surface area contributed by atoms with Gasteiger partial charge in [-0.15, -0.1) is 0 Å². The van der Waals surface area contributed by atoms with Crippen molar-refractivity contribution in [2.24, 2.45) is 0 Å². The molecule has 0 spiro atoms. The van der Waals surface area contributed by atoms with Gasteiger partial charge < -0.3 is 4.48 Å². The second-order valence-electron chi connectivity index (χ2n) is 5.76. The van der Waals surface area contributed by atoms with Crippen LogP contribution in [0.25, 0.3) is 10.8 Å². The fourth-order valence-corrected chi connectivity index (χ4v) is 3.14. The zero-order valence-electron chi connectivity index (χ0n) is 10.5. The first-order chi connectivity index (χ1) is 7.96. The first-order valence-electron chi connectivity index (χ1n) is 5.99. The number of fused-ring (bicyclic) bond motifs is 2. The van der Waals surface area contributed by atoms with Crippen molar-refractivity contribution in [3.05, 3.63) is 46.0 Å². The highest BCUT2D eigenvalue weighted by Gasteiger charge is 2.29. The summed E-state index contributed by atoms with van der Waals surface area (Å²) in [5.41, 5.74) is 4.43. The Bertz CT molecular complexity index is 614. The van der Waals surface area contributed by atoms with Crippen LogP contribution in [-0.2, 0) is 13.1 Å². The molecule has 1 heterocycles. The van der Waals surface area contributed by atoms with E-state index in [1.807, 2.05) is 6.07 Å². The minimum absolute atomic E-state index is 0.826. The second-order valence-corrected chi connectivity index (χ2v) is 6.19. The maximum Gasteiger partial charge on any atom is 0.105 e. The van der Waals surface area contributed by atoms with Crippen molar-refractivity contribution < 1.29 is 4.48 Å². The van der Waals surface area contributed by atoms with E-state index in [1.165, 1.54) is 27.5 Å². The fraction of sp³-hybridized carbons (Fsp3) is 0.333. The highest BCUT2D eigenvalue weighted by molar-refractivity contribution is 6.31. The van der Waals surface area contributed by atoms with Crippen molar-refractivity contribution in [1.29, 1.82) is 0 Å². The van der Waals surface area contributed by atoms with Crippen molar-refractivity contribution >= 4 is 22.4 Å². The van der Waals surface area contributed by atoms with Gasteiger partial charge in [-0.05, 0) is 41.5 Å². The first-order valence-corrected chi connectivity index (χ1v) is 6.37. The standard InChI is InChI=1S/C15H17ClN/c1-10-14-7-13(16)5-4-11(14)6-12-8-17(2,3)9-15(10)12/h4-7H,8-9H2,1-3H3/q+1. The summed E-state index contributed by atoms with van der Waals surface area (Å²) in [6.07, 6.45) is 0. The van der Waals surface area contributed by atoms with Gasteiger partial charge in [0.1, 0.15) is 13.1 Å². The molecule has 88 valence electrons. The lowest BCUT2D eigenvalue weighted by molar-refractivity contribution is -0.910. The van der Waals surface area contributed by atoms with Crippen molar-refractivity contribution in [3.8, 4) is 0 Å². The Morgan fingerprint density at radius 3 is 2.65 bits per heavy atom. The summed E-state index contributed by atoms with van der Waals surface area (Å²) in [7, 11) is 4.58. The molecule has 0 saturated heterocycles. The molecule has 1 aliphatic rings. The number of nitrogens with zero attached hydrogens (tertiary/aromatic N) is 1. The highest BCUT2D eigenvalue weighted by atomic mass is 35.5. The number of hydrogen-bond acceptors (Lipinski definition) is 0. The minimum Gasteiger partial charge on any atom is -0.321 e. The molecule has 0 amide bonds. The van der Waals surface area contributed by atoms with Crippen molar-refractivity contribution in [1.82, 2.24) is 0 Å². The lowest BCUT2D eigenvalue weighted by Crippen LogP contribution is -2.32. The molecule has 0 aromatic heterocycles. The van der Waals surface area contributed by atoms with Gasteiger partial charge in [-0.25, -0.2) is 0 Å². The Morgan fingerprint density at radius 2 is 1.88 bits per heavy atom. The smallest absolute Gasteiger partial charge is 0.105 e. The summed E-state index contributed by atoms with van der Waals surface area (Å²) in [5.74, 6) is 0. The summed E-state index contributed by atoms with van der Waals surface area (Å²) < 4.78 is 1.06. The molecular weight excluding hydrogens is 230 g/mol. The van der Waals surface area contributed by atoms with Crippen LogP contribution < -0.4 is 0 Å². The van der Waals surface area contributed by atoms with Crippen LogP contribution in [0.4, 0.5) is 0 Å². The number of hydrogen-bond donors (Lipinski definition) is 0. The van der Waals surface area contributed by atoms with Gasteiger partial charge in [-0.1, -0.05) is 17.7 Å². The first kappa shape index (κ1) is 11.1. The lowest BCUT2D eigenvalue weighted by atomic mass is 9.97. The zero-order valence-corrected chi connectivity index (χ0v) is 11.3. The van der Waals surface area contributed by atoms with Crippen LogP contribution in [0.5, 0.6) is 0 Å². The van der Waals surface area contributed by atoms with E-state index in [0.717, 1.165) is 22.6 Å². The largest absolute Gasteiger partial charge is 0.321 e. The molecule has 1 aliphatic heterocycles. The summed E-state index contributed by atoms with van der Waals surface area (Å²) in [6.45, 7) is 4.49. The number of halogens is 1. The summed E-state index contributed by atoms with van der Waals surface area (Å²) in [5, 5.41) is 3.44. The molecule has 0 fully saturated rings. The second kappa shape index (κ2) is 3.47. The lowest BCUT2D eigenvalue weighted by Gasteiger charge is -2.22. The molecule has 0 saturated carbocycles. The average molecular weight is 247 g/mol. The number of rotatable bonds is 0. The van der Waals surface area contributed by atoms with Crippen LogP contribution in [0.1, 0.15) is 16.7 Å². The van der Waals surface area contributed by atoms with E-state index in [9.17, 15) is 0 Å². The molecule has 0 unspecified atom stereocenters. The Labute approximate surface area is 107 Å². The molecule has 0 N–H and O–H groups in total. The number of aryl methyl sites for hydroxylation is 1. The maximum absolute atomic E-state index is 6.09. The predicted octanol–water partition coefficient (Wildman–Crippen LogP) is 3.89. The quantitative estimate of drug-likeness (QED) is 0.619. The normalized spacial score (nSPS) is 17.4. The molecule has 0 aliphatic carbocycles. The maximum atomic E-state index is 6.09. The van der Waals surface area contributed by atoms with Crippen molar-refractivity contribution in [2.75, 3.05) is 14.1 Å². The van der Waals surface area contributed by atoms with E-state index < -0.39 is 0 Å². The molecule has 0 atom stereocenters. The van der Waals surface area contributed by atoms with Crippen LogP contribution in [0.15, 0.2) is 24.3 Å². The molecule has 2 heteroatoms. The Balaban J connectivity index is 2.31. The number of benzene rings is 2. The van der Waals surface area contributed by atoms with Gasteiger partial charge in [-0.2, -0.15) is 0 Å². The third-order valence-electron chi connectivity index (χ3n) is 3.77. The van der Waals surface area contributed by atoms with Gasteiger partial charge in [0.05, 0.1) is 14.1 Å². The molecule has 3 rings (SSSR count). The van der Waals surface area contributed by atoms with Gasteiger partial charge in [0.25, 0.3) is 0 Å². The minimum atomic E-state index is 0.826. The van der Waals surface area contributed by atoms with Gasteiger partial charge in [0, 0.05) is 16.1 Å². The summed E-state index contributed by atoms with van der Waals surface area (Å²) in [6, 6.07) is 8.53. The molecule has 0 bridgehead atoms. The van der Waals surface area contributed by atoms with Crippen LogP contribution in [0, 0.1) is 6.92 Å². The Hall–Kier alpha value is -1.05. The van der Waals surface area contributed by atoms with E-state index in [4.69, 9.17) is 11.6 Å². The van der Waals surface area contributed by atoms with Crippen molar-refractivity contribution in [2.45, 2.75) is 20.0 Å². The van der Waals surface area contributed by atoms with E-state index in [-0.39, 0.29) is 0 Å². The Kier molecular flexibility index (Phi) is 2.26. The molecular formula is C15H17ClN+. The van der Waals surface area contributed by atoms with Gasteiger partial charge in [0.15, 0.2) is 0 Å². The highest BCUT2D eigenvalue weighted by Crippen LogP contribution is 2.34. The third-order valence-corrected chi connectivity index (χ3v) is 4.01. The summed E-state index contributed by atoms with van der Waals surface area (Å²) >= 11 is 6.09. The van der Waals surface area contributed by atoms with Gasteiger partial charge in [-0.3, -0.25) is 0 Å². The molecule has 2 aromatic carbocycles. The SMILES string of the molecule is Cc1c2c(cc3ccc(Cl)cc13)C[N+](C)(C)C2. The molecule has 17 heavy (non-hydrogen) atoms. The van der Waals surface area contributed by atoms with E-state index in [1.54, 1.807) is 0 Å². The van der Waals surface area contributed by atoms with Gasteiger partial charge >= 0.3 is 0 Å². The zero-order chi connectivity index (χ0) is 12.2. The van der Waals surface area contributed by atoms with Crippen LogP contribution in [-0.4, -0.2) is 18.6 Å². The van der Waals surface area contributed by atoms with Gasteiger partial charge in [0.2, 0.25) is 0 Å². The molecule has 2 aromatic rings. The molecule has 0 radical (unpaired) electrons. The van der Waals surface area contributed by atoms with E-state index in [2.05, 4.69) is 39.2 Å². The van der Waals surface area contributed by atoms with E-state index >= 15 is 0 Å². The monoisotopic (exact) mass is 246 g/mol. The average Bonchev–Trinajstić information content (AvgIpc) is 2.55. The van der Waals surface area contributed by atoms with Crippen LogP contribution in [0.3, 0.4) is 0 Å². The third kappa shape index (κ3) is 1.74. The number of quaternary nitrogens is 1. The fourth-order valence-electron chi connectivity index (χ4n) is 2.96. The van der Waals surface area contributed by atoms with Crippen molar-refractivity contribution in [3.63, 3.8) is 0 Å². The molecule has 1 nitrogen and oxygen atoms in total. The van der Waals surface area contributed by atoms with Crippen LogP contribution in [0.2, 0.25) is 5.02 Å².